The third-order valence-electron chi connectivity index (χ3n) is 3.20. The average molecular weight is 244 g/mol. The molecule has 0 aromatic carbocycles. The smallest absolute Gasteiger partial charge is 0.110 e. The second-order valence-electron chi connectivity index (χ2n) is 4.50. The fourth-order valence-corrected chi connectivity index (χ4v) is 2.19. The quantitative estimate of drug-likeness (QED) is 0.875. The zero-order chi connectivity index (χ0) is 13.0. The van der Waals surface area contributed by atoms with E-state index in [2.05, 4.69) is 39.8 Å². The highest BCUT2D eigenvalue weighted by atomic mass is 15.0. The van der Waals surface area contributed by atoms with Crippen molar-refractivity contribution in [3.05, 3.63) is 47.8 Å². The van der Waals surface area contributed by atoms with Crippen molar-refractivity contribution >= 4 is 0 Å². The summed E-state index contributed by atoms with van der Waals surface area (Å²) < 4.78 is 2.07. The van der Waals surface area contributed by atoms with Crippen molar-refractivity contribution in [2.75, 3.05) is 6.54 Å². The molecule has 2 aromatic heterocycles. The first kappa shape index (κ1) is 12.8. The van der Waals surface area contributed by atoms with Crippen LogP contribution in [-0.4, -0.2) is 21.1 Å². The Morgan fingerprint density at radius 2 is 2.22 bits per heavy atom. The minimum Gasteiger partial charge on any atom is -0.338 e. The summed E-state index contributed by atoms with van der Waals surface area (Å²) in [5.41, 5.74) is 2.52. The number of aromatic nitrogens is 3. The largest absolute Gasteiger partial charge is 0.338 e. The summed E-state index contributed by atoms with van der Waals surface area (Å²) in [5.74, 6) is 1.09. The van der Waals surface area contributed by atoms with Gasteiger partial charge < -0.3 is 9.88 Å². The molecule has 1 N–H and O–H groups in total. The van der Waals surface area contributed by atoms with Crippen molar-refractivity contribution in [3.63, 3.8) is 0 Å². The second-order valence-corrected chi connectivity index (χ2v) is 4.50. The molecule has 4 heteroatoms. The fourth-order valence-electron chi connectivity index (χ4n) is 2.19. The van der Waals surface area contributed by atoms with Gasteiger partial charge in [0.2, 0.25) is 0 Å². The summed E-state index contributed by atoms with van der Waals surface area (Å²) >= 11 is 0. The number of nitrogens with one attached hydrogen (secondary N) is 1. The molecule has 0 amide bonds. The molecule has 2 aromatic rings. The number of nitrogens with zero attached hydrogens (tertiary/aromatic N) is 3. The van der Waals surface area contributed by atoms with E-state index in [4.69, 9.17) is 0 Å². The lowest BCUT2D eigenvalue weighted by Crippen LogP contribution is -2.24. The molecule has 0 saturated heterocycles. The van der Waals surface area contributed by atoms with Gasteiger partial charge in [0.15, 0.2) is 0 Å². The Bertz CT molecular complexity index is 504. The molecule has 0 aliphatic heterocycles. The lowest BCUT2D eigenvalue weighted by atomic mass is 10.0. The minimum absolute atomic E-state index is 0.291. The van der Waals surface area contributed by atoms with Crippen LogP contribution in [0.1, 0.15) is 29.9 Å². The number of pyridine rings is 1. The molecule has 0 radical (unpaired) electrons. The molecule has 2 heterocycles. The van der Waals surface area contributed by atoms with Crippen LogP contribution >= 0.6 is 0 Å². The maximum Gasteiger partial charge on any atom is 0.110 e. The highest BCUT2D eigenvalue weighted by Crippen LogP contribution is 2.20. The first-order chi connectivity index (χ1) is 8.72. The molecule has 2 rings (SSSR count). The molecule has 4 nitrogen and oxygen atoms in total. The topological polar surface area (TPSA) is 42.7 Å². The summed E-state index contributed by atoms with van der Waals surface area (Å²) in [6, 6.07) is 2.38. The van der Waals surface area contributed by atoms with Crippen molar-refractivity contribution in [1.82, 2.24) is 19.9 Å². The van der Waals surface area contributed by atoms with Gasteiger partial charge >= 0.3 is 0 Å². The van der Waals surface area contributed by atoms with Crippen LogP contribution in [-0.2, 0) is 13.5 Å². The molecule has 0 spiro atoms. The van der Waals surface area contributed by atoms with Crippen LogP contribution in [0.25, 0.3) is 0 Å². The first-order valence-corrected chi connectivity index (χ1v) is 6.32. The molecule has 0 saturated carbocycles. The van der Waals surface area contributed by atoms with Crippen molar-refractivity contribution in [1.29, 1.82) is 0 Å². The van der Waals surface area contributed by atoms with Gasteiger partial charge in [-0.05, 0) is 30.7 Å². The van der Waals surface area contributed by atoms with Crippen molar-refractivity contribution in [2.24, 2.45) is 7.05 Å². The zero-order valence-electron chi connectivity index (χ0n) is 11.2. The van der Waals surface area contributed by atoms with Crippen LogP contribution < -0.4 is 5.32 Å². The van der Waals surface area contributed by atoms with Gasteiger partial charge in [0.25, 0.3) is 0 Å². The molecule has 0 fully saturated rings. The lowest BCUT2D eigenvalue weighted by molar-refractivity contribution is 0.526. The highest BCUT2D eigenvalue weighted by Gasteiger charge is 2.15. The van der Waals surface area contributed by atoms with Gasteiger partial charge in [-0.2, -0.15) is 0 Å². The van der Waals surface area contributed by atoms with Crippen LogP contribution in [0.5, 0.6) is 0 Å². The minimum atomic E-state index is 0.291. The highest BCUT2D eigenvalue weighted by molar-refractivity contribution is 5.26. The summed E-state index contributed by atoms with van der Waals surface area (Å²) in [6.07, 6.45) is 8.49. The maximum absolute atomic E-state index is 4.40. The summed E-state index contributed by atoms with van der Waals surface area (Å²) in [4.78, 5) is 8.55. The van der Waals surface area contributed by atoms with Crippen molar-refractivity contribution in [3.8, 4) is 0 Å². The van der Waals surface area contributed by atoms with E-state index >= 15 is 0 Å². The molecule has 96 valence electrons. The van der Waals surface area contributed by atoms with Gasteiger partial charge in [0.1, 0.15) is 5.82 Å². The van der Waals surface area contributed by atoms with E-state index in [1.165, 1.54) is 11.1 Å². The zero-order valence-corrected chi connectivity index (χ0v) is 11.2. The SMILES string of the molecule is CCNC(Cc1nccn1C)c1ccncc1C. The average Bonchev–Trinajstić information content (AvgIpc) is 2.75. The Balaban J connectivity index is 2.24. The molecule has 0 bridgehead atoms. The first-order valence-electron chi connectivity index (χ1n) is 6.32. The van der Waals surface area contributed by atoms with E-state index < -0.39 is 0 Å². The van der Waals surface area contributed by atoms with Gasteiger partial charge in [-0.15, -0.1) is 0 Å². The number of rotatable bonds is 5. The van der Waals surface area contributed by atoms with E-state index in [0.29, 0.717) is 6.04 Å². The van der Waals surface area contributed by atoms with Crippen molar-refractivity contribution in [2.45, 2.75) is 26.3 Å². The van der Waals surface area contributed by atoms with Gasteiger partial charge in [0, 0.05) is 44.3 Å². The molecular formula is C14H20N4. The molecule has 18 heavy (non-hydrogen) atoms. The summed E-state index contributed by atoms with van der Waals surface area (Å²) in [5, 5.41) is 3.52. The van der Waals surface area contributed by atoms with E-state index in [-0.39, 0.29) is 0 Å². The Kier molecular flexibility index (Phi) is 4.10. The van der Waals surface area contributed by atoms with E-state index in [0.717, 1.165) is 18.8 Å². The van der Waals surface area contributed by atoms with Crippen LogP contribution in [0.4, 0.5) is 0 Å². The Morgan fingerprint density at radius 1 is 1.39 bits per heavy atom. The molecule has 0 aliphatic rings. The van der Waals surface area contributed by atoms with Gasteiger partial charge in [-0.1, -0.05) is 6.92 Å². The van der Waals surface area contributed by atoms with Crippen LogP contribution in [0.3, 0.4) is 0 Å². The van der Waals surface area contributed by atoms with Gasteiger partial charge in [0.05, 0.1) is 0 Å². The standard InChI is InChI=1S/C14H20N4/c1-4-16-13(9-14-17-7-8-18(14)3)12-5-6-15-10-11(12)2/h5-8,10,13,16H,4,9H2,1-3H3. The molecule has 1 unspecified atom stereocenters. The summed E-state index contributed by atoms with van der Waals surface area (Å²) in [7, 11) is 2.03. The normalized spacial score (nSPS) is 12.6. The van der Waals surface area contributed by atoms with Crippen LogP contribution in [0.2, 0.25) is 0 Å². The van der Waals surface area contributed by atoms with Crippen molar-refractivity contribution < 1.29 is 0 Å². The Labute approximate surface area is 108 Å². The van der Waals surface area contributed by atoms with E-state index in [1.807, 2.05) is 31.8 Å². The molecule has 1 atom stereocenters. The Morgan fingerprint density at radius 3 is 2.83 bits per heavy atom. The maximum atomic E-state index is 4.40. The number of hydrogen-bond acceptors (Lipinski definition) is 3. The fraction of sp³-hybridized carbons (Fsp3) is 0.429. The van der Waals surface area contributed by atoms with Gasteiger partial charge in [-0.3, -0.25) is 4.98 Å². The molecular weight excluding hydrogens is 224 g/mol. The Hall–Kier alpha value is -1.68. The number of aryl methyl sites for hydroxylation is 2. The third-order valence-corrected chi connectivity index (χ3v) is 3.20. The van der Waals surface area contributed by atoms with E-state index in [9.17, 15) is 0 Å². The number of imidazole rings is 1. The predicted octanol–water partition coefficient (Wildman–Crippen LogP) is 2.02. The van der Waals surface area contributed by atoms with Gasteiger partial charge in [-0.25, -0.2) is 4.98 Å². The monoisotopic (exact) mass is 244 g/mol. The predicted molar refractivity (Wildman–Crippen MR) is 72.3 cm³/mol. The van der Waals surface area contributed by atoms with E-state index in [1.54, 1.807) is 0 Å². The number of likely N-dealkylation sites (N-methyl/N-ethyl adjacent to an activating group) is 1. The third kappa shape index (κ3) is 2.76. The van der Waals surface area contributed by atoms with Crippen LogP contribution in [0, 0.1) is 6.92 Å². The molecule has 0 aliphatic carbocycles. The summed E-state index contributed by atoms with van der Waals surface area (Å²) in [6.45, 7) is 5.17. The number of hydrogen-bond donors (Lipinski definition) is 1. The lowest BCUT2D eigenvalue weighted by Gasteiger charge is -2.19. The van der Waals surface area contributed by atoms with Crippen LogP contribution in [0.15, 0.2) is 30.9 Å². The second kappa shape index (κ2) is 5.78.